The van der Waals surface area contributed by atoms with E-state index in [2.05, 4.69) is 10.4 Å². The lowest BCUT2D eigenvalue weighted by atomic mass is 9.56. The number of carboxylic acid groups (broad SMARTS) is 1. The summed E-state index contributed by atoms with van der Waals surface area (Å²) in [7, 11) is 0. The lowest BCUT2D eigenvalue weighted by Crippen LogP contribution is -2.57. The first-order valence-electron chi connectivity index (χ1n) is 12.2. The molecule has 0 radical (unpaired) electrons. The van der Waals surface area contributed by atoms with Gasteiger partial charge in [0.25, 0.3) is 0 Å². The highest BCUT2D eigenvalue weighted by atomic mass is 19.4. The van der Waals surface area contributed by atoms with E-state index in [4.69, 9.17) is 5.11 Å². The van der Waals surface area contributed by atoms with Crippen molar-refractivity contribution in [3.63, 3.8) is 0 Å². The zero-order valence-electron chi connectivity index (χ0n) is 19.7. The molecule has 0 atom stereocenters. The summed E-state index contributed by atoms with van der Waals surface area (Å²) >= 11 is 0. The smallest absolute Gasteiger partial charge is 0.435 e. The molecule has 0 unspecified atom stereocenters. The van der Waals surface area contributed by atoms with Gasteiger partial charge in [0, 0.05) is 24.1 Å². The van der Waals surface area contributed by atoms with Gasteiger partial charge in [0.1, 0.15) is 5.82 Å². The Morgan fingerprint density at radius 3 is 2.28 bits per heavy atom. The van der Waals surface area contributed by atoms with Crippen molar-refractivity contribution in [3.05, 3.63) is 52.6 Å². The number of benzene rings is 1. The molecule has 1 aromatic heterocycles. The van der Waals surface area contributed by atoms with Crippen LogP contribution in [0.5, 0.6) is 0 Å². The summed E-state index contributed by atoms with van der Waals surface area (Å²) in [5, 5.41) is 15.7. The van der Waals surface area contributed by atoms with E-state index in [0.717, 1.165) is 19.3 Å². The van der Waals surface area contributed by atoms with Gasteiger partial charge in [0.2, 0.25) is 5.91 Å². The molecular weight excluding hydrogens is 480 g/mol. The predicted octanol–water partition coefficient (Wildman–Crippen LogP) is 4.72. The van der Waals surface area contributed by atoms with Crippen molar-refractivity contribution in [2.45, 2.75) is 76.2 Å². The second kappa shape index (κ2) is 8.77. The molecule has 1 aromatic carbocycles. The molecule has 0 saturated heterocycles. The minimum atomic E-state index is -4.61. The van der Waals surface area contributed by atoms with Crippen LogP contribution in [-0.4, -0.2) is 43.9 Å². The number of alkyl halides is 3. The molecule has 3 aliphatic carbocycles. The summed E-state index contributed by atoms with van der Waals surface area (Å²) in [6, 6.07) is 5.51. The SMILES string of the molecule is O=C(O)NC12CCC(CC(=O)N3CCc4c(C(F)(F)F)nn(Cc5ccc(F)cc5)c4C3)(CC1)CC2. The van der Waals surface area contributed by atoms with E-state index < -0.39 is 29.3 Å². The van der Waals surface area contributed by atoms with Crippen LogP contribution in [-0.2, 0) is 30.5 Å². The van der Waals surface area contributed by atoms with Gasteiger partial charge in [-0.25, -0.2) is 9.18 Å². The van der Waals surface area contributed by atoms with E-state index in [1.54, 1.807) is 4.90 Å². The molecule has 2 amide bonds. The molecule has 7 nitrogen and oxygen atoms in total. The summed E-state index contributed by atoms with van der Waals surface area (Å²) in [6.45, 7) is 0.278. The van der Waals surface area contributed by atoms with Crippen LogP contribution in [0.3, 0.4) is 0 Å². The minimum absolute atomic E-state index is 0.0407. The number of aromatic nitrogens is 2. The van der Waals surface area contributed by atoms with Crippen molar-refractivity contribution >= 4 is 12.0 Å². The maximum absolute atomic E-state index is 13.7. The normalized spacial score (nSPS) is 25.5. The van der Waals surface area contributed by atoms with Crippen LogP contribution in [0.2, 0.25) is 0 Å². The number of halogens is 4. The van der Waals surface area contributed by atoms with Crippen LogP contribution in [0, 0.1) is 11.2 Å². The number of hydrogen-bond donors (Lipinski definition) is 2. The highest BCUT2D eigenvalue weighted by Gasteiger charge is 2.50. The van der Waals surface area contributed by atoms with Crippen molar-refractivity contribution in [2.75, 3.05) is 6.54 Å². The molecule has 2 aromatic rings. The van der Waals surface area contributed by atoms with Crippen LogP contribution in [0.25, 0.3) is 0 Å². The fourth-order valence-electron chi connectivity index (χ4n) is 6.19. The van der Waals surface area contributed by atoms with Gasteiger partial charge < -0.3 is 15.3 Å². The molecule has 4 aliphatic rings. The number of nitrogens with one attached hydrogen (secondary N) is 1. The monoisotopic (exact) mass is 508 g/mol. The van der Waals surface area contributed by atoms with Crippen LogP contribution in [0.1, 0.15) is 67.5 Å². The minimum Gasteiger partial charge on any atom is -0.465 e. The third-order valence-corrected chi connectivity index (χ3v) is 8.31. The number of amides is 2. The topological polar surface area (TPSA) is 87.5 Å². The second-order valence-corrected chi connectivity index (χ2v) is 10.5. The third-order valence-electron chi connectivity index (χ3n) is 8.31. The molecular formula is C25H28F4N4O3. The Kier molecular flexibility index (Phi) is 5.99. The largest absolute Gasteiger partial charge is 0.465 e. The van der Waals surface area contributed by atoms with Crippen molar-refractivity contribution < 1.29 is 32.3 Å². The molecule has 194 valence electrons. The van der Waals surface area contributed by atoms with Crippen molar-refractivity contribution in [1.82, 2.24) is 20.0 Å². The molecule has 3 fully saturated rings. The number of carbonyl (C=O) groups excluding carboxylic acids is 1. The quantitative estimate of drug-likeness (QED) is 0.572. The van der Waals surface area contributed by atoms with Crippen LogP contribution in [0.4, 0.5) is 22.4 Å². The maximum atomic E-state index is 13.7. The van der Waals surface area contributed by atoms with Gasteiger partial charge in [-0.15, -0.1) is 0 Å². The molecule has 11 heteroatoms. The van der Waals surface area contributed by atoms with Gasteiger partial charge in [-0.05, 0) is 68.1 Å². The zero-order valence-corrected chi connectivity index (χ0v) is 19.7. The molecule has 2 N–H and O–H groups in total. The summed E-state index contributed by atoms with van der Waals surface area (Å²) in [4.78, 5) is 26.1. The van der Waals surface area contributed by atoms with Gasteiger partial charge in [0.05, 0.1) is 18.8 Å². The zero-order chi connectivity index (χ0) is 25.7. The Morgan fingerprint density at radius 1 is 1.06 bits per heavy atom. The van der Waals surface area contributed by atoms with Crippen LogP contribution in [0.15, 0.2) is 24.3 Å². The first kappa shape index (κ1) is 24.6. The van der Waals surface area contributed by atoms with Gasteiger partial charge in [0.15, 0.2) is 5.69 Å². The fourth-order valence-corrected chi connectivity index (χ4v) is 6.19. The van der Waals surface area contributed by atoms with Gasteiger partial charge in [-0.3, -0.25) is 9.48 Å². The summed E-state index contributed by atoms with van der Waals surface area (Å²) in [5.41, 5.74) is -0.428. The van der Waals surface area contributed by atoms with Gasteiger partial charge >= 0.3 is 12.3 Å². The Balaban J connectivity index is 1.32. The number of nitrogens with zero attached hydrogens (tertiary/aromatic N) is 3. The van der Waals surface area contributed by atoms with E-state index >= 15 is 0 Å². The highest BCUT2D eigenvalue weighted by Crippen LogP contribution is 2.54. The summed E-state index contributed by atoms with van der Waals surface area (Å²) < 4.78 is 55.7. The lowest BCUT2D eigenvalue weighted by Gasteiger charge is -2.53. The summed E-state index contributed by atoms with van der Waals surface area (Å²) in [6.07, 6.45) is -0.940. The van der Waals surface area contributed by atoms with Crippen molar-refractivity contribution in [3.8, 4) is 0 Å². The molecule has 3 saturated carbocycles. The molecule has 2 heterocycles. The Bertz CT molecular complexity index is 1150. The van der Waals surface area contributed by atoms with Crippen molar-refractivity contribution in [1.29, 1.82) is 0 Å². The average molecular weight is 509 g/mol. The van der Waals surface area contributed by atoms with Crippen molar-refractivity contribution in [2.24, 2.45) is 5.41 Å². The van der Waals surface area contributed by atoms with E-state index in [0.29, 0.717) is 36.9 Å². The lowest BCUT2D eigenvalue weighted by molar-refractivity contribution is -0.142. The first-order chi connectivity index (χ1) is 17.0. The number of hydrogen-bond acceptors (Lipinski definition) is 3. The van der Waals surface area contributed by atoms with Crippen LogP contribution >= 0.6 is 0 Å². The Morgan fingerprint density at radius 2 is 1.69 bits per heavy atom. The Hall–Kier alpha value is -3.11. The fraction of sp³-hybridized carbons (Fsp3) is 0.560. The molecule has 1 aliphatic heterocycles. The second-order valence-electron chi connectivity index (χ2n) is 10.5. The predicted molar refractivity (Wildman–Crippen MR) is 120 cm³/mol. The molecule has 0 spiro atoms. The third kappa shape index (κ3) is 4.67. The standard InChI is InChI=1S/C25H28F4N4O3/c26-17-3-1-16(2-4-17)14-33-19-15-32(12-5-18(19)21(31-33)25(27,28)29)20(34)13-23-6-9-24(10-7-23,11-8-23)30-22(35)36/h1-4,30H,5-15H2,(H,35,36). The van der Waals surface area contributed by atoms with Gasteiger partial charge in [-0.2, -0.15) is 18.3 Å². The van der Waals surface area contributed by atoms with E-state index in [-0.39, 0.29) is 42.9 Å². The average Bonchev–Trinajstić information content (AvgIpc) is 3.19. The molecule has 2 bridgehead atoms. The van der Waals surface area contributed by atoms with E-state index in [1.165, 1.54) is 28.9 Å². The Labute approximate surface area is 205 Å². The van der Waals surface area contributed by atoms with Crippen LogP contribution < -0.4 is 5.32 Å². The molecule has 6 rings (SSSR count). The molecule has 36 heavy (non-hydrogen) atoms. The van der Waals surface area contributed by atoms with E-state index in [1.807, 2.05) is 0 Å². The summed E-state index contributed by atoms with van der Waals surface area (Å²) in [5.74, 6) is -0.529. The number of fused-ring (bicyclic) bond motifs is 4. The number of carbonyl (C=O) groups is 2. The number of rotatable bonds is 5. The maximum Gasteiger partial charge on any atom is 0.435 e. The first-order valence-corrected chi connectivity index (χ1v) is 12.2. The van der Waals surface area contributed by atoms with Gasteiger partial charge in [-0.1, -0.05) is 12.1 Å². The van der Waals surface area contributed by atoms with E-state index in [9.17, 15) is 27.2 Å². The highest BCUT2D eigenvalue weighted by molar-refractivity contribution is 5.77.